The molecule has 3 rings (SSSR count). The van der Waals surface area contributed by atoms with Gasteiger partial charge in [-0.3, -0.25) is 9.69 Å². The summed E-state index contributed by atoms with van der Waals surface area (Å²) in [4.78, 5) is 14.5. The predicted octanol–water partition coefficient (Wildman–Crippen LogP) is 3.25. The van der Waals surface area contributed by atoms with Crippen LogP contribution in [0.15, 0.2) is 42.5 Å². The molecule has 0 radical (unpaired) electrons. The van der Waals surface area contributed by atoms with Crippen LogP contribution in [-0.4, -0.2) is 37.0 Å². The van der Waals surface area contributed by atoms with Crippen LogP contribution in [0.1, 0.15) is 23.6 Å². The zero-order valence-corrected chi connectivity index (χ0v) is 14.8. The smallest absolute Gasteiger partial charge is 0.225 e. The molecule has 1 aliphatic rings. The first-order valence-corrected chi connectivity index (χ1v) is 8.80. The second kappa shape index (κ2) is 8.38. The fourth-order valence-corrected chi connectivity index (χ4v) is 3.26. The summed E-state index contributed by atoms with van der Waals surface area (Å²) in [6, 6.07) is 11.3. The van der Waals surface area contributed by atoms with Gasteiger partial charge in [-0.05, 0) is 36.8 Å². The number of nitrogens with zero attached hydrogens (tertiary/aromatic N) is 1. The van der Waals surface area contributed by atoms with Crippen LogP contribution in [0.2, 0.25) is 0 Å². The molecule has 2 aromatic rings. The number of anilines is 1. The lowest BCUT2D eigenvalue weighted by Gasteiger charge is -2.36. The highest BCUT2D eigenvalue weighted by molar-refractivity contribution is 5.91. The fourth-order valence-electron chi connectivity index (χ4n) is 3.26. The maximum atomic E-state index is 13.6. The van der Waals surface area contributed by atoms with Gasteiger partial charge in [0.15, 0.2) is 0 Å². The van der Waals surface area contributed by atoms with E-state index in [0.29, 0.717) is 30.8 Å². The van der Waals surface area contributed by atoms with Crippen molar-refractivity contribution in [3.05, 3.63) is 65.2 Å². The predicted molar refractivity (Wildman–Crippen MR) is 98.0 cm³/mol. The van der Waals surface area contributed by atoms with Crippen LogP contribution in [-0.2, 0) is 4.79 Å². The molecule has 1 aliphatic heterocycles. The van der Waals surface area contributed by atoms with E-state index in [-0.39, 0.29) is 23.6 Å². The SMILES string of the molecule is Cc1c(F)cccc1NC(=O)CCN1CCNCC1c1cccc(F)c1. The number of amides is 1. The Hall–Kier alpha value is -2.31. The first-order chi connectivity index (χ1) is 12.5. The van der Waals surface area contributed by atoms with E-state index < -0.39 is 0 Å². The Labute approximate surface area is 152 Å². The minimum Gasteiger partial charge on any atom is -0.326 e. The summed E-state index contributed by atoms with van der Waals surface area (Å²) < 4.78 is 27.1. The number of benzene rings is 2. The van der Waals surface area contributed by atoms with Crippen molar-refractivity contribution in [2.45, 2.75) is 19.4 Å². The fraction of sp³-hybridized carbons (Fsp3) is 0.350. The Bertz CT molecular complexity index is 781. The quantitative estimate of drug-likeness (QED) is 0.861. The van der Waals surface area contributed by atoms with Crippen molar-refractivity contribution in [1.82, 2.24) is 10.2 Å². The lowest BCUT2D eigenvalue weighted by molar-refractivity contribution is -0.116. The number of nitrogens with one attached hydrogen (secondary N) is 2. The minimum absolute atomic E-state index is 0.0307. The standard InChI is InChI=1S/C20H23F2N3O/c1-14-17(22)6-3-7-18(14)24-20(26)8-10-25-11-9-23-13-19(25)15-4-2-5-16(21)12-15/h2-7,12,19,23H,8-11,13H2,1H3,(H,24,26). The summed E-state index contributed by atoms with van der Waals surface area (Å²) >= 11 is 0. The number of piperazine rings is 1. The second-order valence-electron chi connectivity index (χ2n) is 6.52. The molecule has 2 aromatic carbocycles. The summed E-state index contributed by atoms with van der Waals surface area (Å²) in [7, 11) is 0. The maximum absolute atomic E-state index is 13.6. The average Bonchev–Trinajstić information content (AvgIpc) is 2.64. The molecule has 0 bridgehead atoms. The molecule has 1 unspecified atom stereocenters. The first kappa shape index (κ1) is 18.5. The lowest BCUT2D eigenvalue weighted by Crippen LogP contribution is -2.46. The Balaban J connectivity index is 1.61. The zero-order valence-electron chi connectivity index (χ0n) is 14.8. The number of carbonyl (C=O) groups excluding carboxylic acids is 1. The molecule has 0 aromatic heterocycles. The first-order valence-electron chi connectivity index (χ1n) is 8.80. The van der Waals surface area contributed by atoms with E-state index in [1.807, 2.05) is 6.07 Å². The van der Waals surface area contributed by atoms with E-state index in [0.717, 1.165) is 18.7 Å². The van der Waals surface area contributed by atoms with Crippen molar-refractivity contribution in [3.63, 3.8) is 0 Å². The van der Waals surface area contributed by atoms with Crippen molar-refractivity contribution in [1.29, 1.82) is 0 Å². The topological polar surface area (TPSA) is 44.4 Å². The van der Waals surface area contributed by atoms with Crippen molar-refractivity contribution < 1.29 is 13.6 Å². The summed E-state index contributed by atoms with van der Waals surface area (Å²) in [5.74, 6) is -0.751. The van der Waals surface area contributed by atoms with Crippen LogP contribution in [0.3, 0.4) is 0 Å². The Morgan fingerprint density at radius 1 is 1.27 bits per heavy atom. The van der Waals surface area contributed by atoms with Gasteiger partial charge in [-0.15, -0.1) is 0 Å². The molecule has 0 saturated carbocycles. The van der Waals surface area contributed by atoms with Gasteiger partial charge in [-0.2, -0.15) is 0 Å². The summed E-state index contributed by atoms with van der Waals surface area (Å²) in [6.07, 6.45) is 0.293. The Kier molecular flexibility index (Phi) is 5.96. The maximum Gasteiger partial charge on any atom is 0.225 e. The van der Waals surface area contributed by atoms with E-state index in [1.165, 1.54) is 12.1 Å². The van der Waals surface area contributed by atoms with Crippen LogP contribution < -0.4 is 10.6 Å². The summed E-state index contributed by atoms with van der Waals surface area (Å²) in [5.41, 5.74) is 1.83. The van der Waals surface area contributed by atoms with E-state index in [2.05, 4.69) is 15.5 Å². The third-order valence-electron chi connectivity index (χ3n) is 4.76. The molecular weight excluding hydrogens is 336 g/mol. The molecule has 0 spiro atoms. The van der Waals surface area contributed by atoms with Crippen LogP contribution in [0.5, 0.6) is 0 Å². The van der Waals surface area contributed by atoms with Crippen LogP contribution in [0.4, 0.5) is 14.5 Å². The average molecular weight is 359 g/mol. The largest absolute Gasteiger partial charge is 0.326 e. The van der Waals surface area contributed by atoms with Gasteiger partial charge < -0.3 is 10.6 Å². The van der Waals surface area contributed by atoms with Crippen molar-refractivity contribution >= 4 is 11.6 Å². The van der Waals surface area contributed by atoms with Gasteiger partial charge in [-0.1, -0.05) is 18.2 Å². The van der Waals surface area contributed by atoms with Gasteiger partial charge in [-0.25, -0.2) is 8.78 Å². The summed E-state index contributed by atoms with van der Waals surface area (Å²) in [5, 5.41) is 6.09. The van der Waals surface area contributed by atoms with Crippen molar-refractivity contribution in [2.24, 2.45) is 0 Å². The molecule has 1 heterocycles. The molecule has 1 saturated heterocycles. The zero-order chi connectivity index (χ0) is 18.5. The molecule has 6 heteroatoms. The summed E-state index contributed by atoms with van der Waals surface area (Å²) in [6.45, 7) is 4.53. The number of carbonyl (C=O) groups is 1. The molecule has 138 valence electrons. The van der Waals surface area contributed by atoms with Crippen molar-refractivity contribution in [2.75, 3.05) is 31.5 Å². The highest BCUT2D eigenvalue weighted by Crippen LogP contribution is 2.23. The van der Waals surface area contributed by atoms with Gasteiger partial charge in [0.1, 0.15) is 11.6 Å². The van der Waals surface area contributed by atoms with E-state index in [4.69, 9.17) is 0 Å². The van der Waals surface area contributed by atoms with E-state index in [1.54, 1.807) is 31.2 Å². The van der Waals surface area contributed by atoms with E-state index >= 15 is 0 Å². The van der Waals surface area contributed by atoms with Gasteiger partial charge in [0.2, 0.25) is 5.91 Å². The van der Waals surface area contributed by atoms with Crippen LogP contribution in [0, 0.1) is 18.6 Å². The minimum atomic E-state index is -0.337. The van der Waals surface area contributed by atoms with Gasteiger partial charge in [0.05, 0.1) is 0 Å². The molecule has 26 heavy (non-hydrogen) atoms. The van der Waals surface area contributed by atoms with Gasteiger partial charge >= 0.3 is 0 Å². The van der Waals surface area contributed by atoms with Crippen molar-refractivity contribution in [3.8, 4) is 0 Å². The normalized spacial score (nSPS) is 17.9. The highest BCUT2D eigenvalue weighted by Gasteiger charge is 2.24. The van der Waals surface area contributed by atoms with Gasteiger partial charge in [0.25, 0.3) is 0 Å². The monoisotopic (exact) mass is 359 g/mol. The van der Waals surface area contributed by atoms with Gasteiger partial charge in [0, 0.05) is 49.9 Å². The molecule has 4 nitrogen and oxygen atoms in total. The molecule has 1 amide bonds. The number of halogens is 2. The molecule has 0 aliphatic carbocycles. The molecule has 1 atom stereocenters. The van der Waals surface area contributed by atoms with Crippen LogP contribution >= 0.6 is 0 Å². The van der Waals surface area contributed by atoms with E-state index in [9.17, 15) is 13.6 Å². The van der Waals surface area contributed by atoms with Crippen LogP contribution in [0.25, 0.3) is 0 Å². The Morgan fingerprint density at radius 3 is 2.88 bits per heavy atom. The second-order valence-corrected chi connectivity index (χ2v) is 6.52. The molecule has 2 N–H and O–H groups in total. The number of rotatable bonds is 5. The third-order valence-corrected chi connectivity index (χ3v) is 4.76. The molecule has 1 fully saturated rings. The number of hydrogen-bond acceptors (Lipinski definition) is 3. The molecular formula is C20H23F2N3O. The highest BCUT2D eigenvalue weighted by atomic mass is 19.1. The Morgan fingerprint density at radius 2 is 2.08 bits per heavy atom. The number of hydrogen-bond donors (Lipinski definition) is 2. The third kappa shape index (κ3) is 4.45. The lowest BCUT2D eigenvalue weighted by atomic mass is 10.0.